The number of hydrogen-bond acceptors (Lipinski definition) is 5. The fourth-order valence-electron chi connectivity index (χ4n) is 4.48. The average molecular weight is 504 g/mol. The van der Waals surface area contributed by atoms with Crippen molar-refractivity contribution in [2.75, 3.05) is 26.2 Å². The van der Waals surface area contributed by atoms with Crippen LogP contribution in [0.3, 0.4) is 0 Å². The molecule has 2 aromatic carbocycles. The zero-order valence-corrected chi connectivity index (χ0v) is 21.6. The van der Waals surface area contributed by atoms with Crippen LogP contribution in [0.1, 0.15) is 53.0 Å². The van der Waals surface area contributed by atoms with Crippen molar-refractivity contribution in [1.82, 2.24) is 25.1 Å². The molecule has 2 heterocycles. The highest BCUT2D eigenvalue weighted by Gasteiger charge is 2.17. The molecule has 0 spiro atoms. The fraction of sp³-hybridized carbons (Fsp3) is 0.414. The SMILES string of the molecule is Cc1nccn1CCCNC(=O)c1ccc2c(c1)OCCCCCNC(=O)CN(Cc1ccccc1)C2. The molecule has 37 heavy (non-hydrogen) atoms. The molecule has 0 atom stereocenters. The highest BCUT2D eigenvalue weighted by Crippen LogP contribution is 2.24. The molecule has 0 radical (unpaired) electrons. The number of carbonyl (C=O) groups is 2. The first kappa shape index (κ1) is 26.4. The molecule has 8 heteroatoms. The number of fused-ring (bicyclic) bond motifs is 1. The van der Waals surface area contributed by atoms with Gasteiger partial charge in [0.2, 0.25) is 5.91 Å². The Kier molecular flexibility index (Phi) is 9.71. The van der Waals surface area contributed by atoms with Crippen LogP contribution in [-0.2, 0) is 24.4 Å². The fourth-order valence-corrected chi connectivity index (χ4v) is 4.48. The predicted molar refractivity (Wildman–Crippen MR) is 143 cm³/mol. The van der Waals surface area contributed by atoms with Gasteiger partial charge in [0.1, 0.15) is 11.6 Å². The lowest BCUT2D eigenvalue weighted by atomic mass is 10.1. The van der Waals surface area contributed by atoms with Crippen LogP contribution in [0.5, 0.6) is 5.75 Å². The third-order valence-corrected chi connectivity index (χ3v) is 6.53. The van der Waals surface area contributed by atoms with Crippen LogP contribution in [0.25, 0.3) is 0 Å². The van der Waals surface area contributed by atoms with Gasteiger partial charge in [-0.2, -0.15) is 0 Å². The van der Waals surface area contributed by atoms with Gasteiger partial charge in [-0.25, -0.2) is 4.98 Å². The Morgan fingerprint density at radius 1 is 1.11 bits per heavy atom. The molecule has 0 bridgehead atoms. The minimum absolute atomic E-state index is 0.0273. The van der Waals surface area contributed by atoms with E-state index >= 15 is 0 Å². The number of nitrogens with zero attached hydrogens (tertiary/aromatic N) is 3. The zero-order valence-electron chi connectivity index (χ0n) is 21.6. The van der Waals surface area contributed by atoms with E-state index in [-0.39, 0.29) is 11.8 Å². The molecular weight excluding hydrogens is 466 g/mol. The van der Waals surface area contributed by atoms with Crippen LogP contribution >= 0.6 is 0 Å². The Morgan fingerprint density at radius 3 is 2.78 bits per heavy atom. The van der Waals surface area contributed by atoms with Crippen LogP contribution in [0, 0.1) is 6.92 Å². The number of nitrogens with one attached hydrogen (secondary N) is 2. The van der Waals surface area contributed by atoms with Crippen LogP contribution < -0.4 is 15.4 Å². The van der Waals surface area contributed by atoms with Crippen LogP contribution in [-0.4, -0.2) is 52.5 Å². The maximum Gasteiger partial charge on any atom is 0.251 e. The molecule has 1 aromatic heterocycles. The van der Waals surface area contributed by atoms with Gasteiger partial charge in [0, 0.05) is 56.2 Å². The Balaban J connectivity index is 1.45. The number of amides is 2. The van der Waals surface area contributed by atoms with Crippen molar-refractivity contribution in [3.05, 3.63) is 83.4 Å². The lowest BCUT2D eigenvalue weighted by Gasteiger charge is -2.23. The topological polar surface area (TPSA) is 88.5 Å². The molecule has 0 saturated heterocycles. The van der Waals surface area contributed by atoms with Crippen LogP contribution in [0.15, 0.2) is 60.9 Å². The van der Waals surface area contributed by atoms with Gasteiger partial charge < -0.3 is 19.9 Å². The van der Waals surface area contributed by atoms with Gasteiger partial charge in [-0.1, -0.05) is 36.4 Å². The number of imidazole rings is 1. The largest absolute Gasteiger partial charge is 0.493 e. The average Bonchev–Trinajstić information content (AvgIpc) is 3.31. The number of carbonyl (C=O) groups excluding carboxylic acids is 2. The molecule has 2 amide bonds. The highest BCUT2D eigenvalue weighted by atomic mass is 16.5. The second-order valence-corrected chi connectivity index (χ2v) is 9.49. The van der Waals surface area contributed by atoms with E-state index in [1.807, 2.05) is 49.5 Å². The minimum Gasteiger partial charge on any atom is -0.493 e. The predicted octanol–water partition coefficient (Wildman–Crippen LogP) is 3.69. The van der Waals surface area contributed by atoms with E-state index < -0.39 is 0 Å². The van der Waals surface area contributed by atoms with Crippen molar-refractivity contribution in [1.29, 1.82) is 0 Å². The summed E-state index contributed by atoms with van der Waals surface area (Å²) in [6.07, 6.45) is 7.34. The third-order valence-electron chi connectivity index (χ3n) is 6.53. The molecule has 1 aliphatic rings. The maximum atomic E-state index is 12.9. The summed E-state index contributed by atoms with van der Waals surface area (Å²) >= 11 is 0. The molecule has 8 nitrogen and oxygen atoms in total. The molecule has 4 rings (SSSR count). The van der Waals surface area contributed by atoms with E-state index in [4.69, 9.17) is 4.74 Å². The van der Waals surface area contributed by atoms with Crippen LogP contribution in [0.2, 0.25) is 0 Å². The minimum atomic E-state index is -0.114. The summed E-state index contributed by atoms with van der Waals surface area (Å²) in [4.78, 5) is 31.8. The van der Waals surface area contributed by atoms with Crippen molar-refractivity contribution in [2.45, 2.75) is 52.2 Å². The smallest absolute Gasteiger partial charge is 0.251 e. The summed E-state index contributed by atoms with van der Waals surface area (Å²) in [5, 5.41) is 6.06. The number of aromatic nitrogens is 2. The van der Waals surface area contributed by atoms with Crippen molar-refractivity contribution >= 4 is 11.8 Å². The first-order valence-electron chi connectivity index (χ1n) is 13.1. The molecule has 0 aliphatic carbocycles. The summed E-state index contributed by atoms with van der Waals surface area (Å²) in [6.45, 7) is 6.10. The van der Waals surface area contributed by atoms with Gasteiger partial charge in [0.15, 0.2) is 0 Å². The second-order valence-electron chi connectivity index (χ2n) is 9.49. The number of aryl methyl sites for hydroxylation is 2. The van der Waals surface area contributed by atoms with Crippen molar-refractivity contribution in [3.63, 3.8) is 0 Å². The van der Waals surface area contributed by atoms with E-state index in [0.29, 0.717) is 50.6 Å². The Bertz CT molecular complexity index is 1160. The standard InChI is InChI=1S/C29H37N5O3/c1-23-30-15-17-34(23)16-8-14-32-29(36)25-11-12-26-21-33(20-24-9-4-2-5-10-24)22-28(35)31-13-6-3-7-18-37-27(26)19-25/h2,4-5,9-12,15,17,19H,3,6-8,13-14,16,18,20-22H2,1H3,(H,31,35)(H,32,36). The summed E-state index contributed by atoms with van der Waals surface area (Å²) in [7, 11) is 0. The number of hydrogen-bond donors (Lipinski definition) is 2. The molecule has 0 fully saturated rings. The molecule has 196 valence electrons. The highest BCUT2D eigenvalue weighted by molar-refractivity contribution is 5.94. The van der Waals surface area contributed by atoms with Gasteiger partial charge in [-0.15, -0.1) is 0 Å². The number of benzene rings is 2. The third kappa shape index (κ3) is 8.18. The van der Waals surface area contributed by atoms with E-state index in [1.54, 1.807) is 6.20 Å². The summed E-state index contributed by atoms with van der Waals surface area (Å²) < 4.78 is 8.26. The molecule has 0 unspecified atom stereocenters. The van der Waals surface area contributed by atoms with E-state index in [2.05, 4.69) is 37.2 Å². The summed E-state index contributed by atoms with van der Waals surface area (Å²) in [6, 6.07) is 15.8. The zero-order chi connectivity index (χ0) is 25.9. The van der Waals surface area contributed by atoms with Crippen molar-refractivity contribution < 1.29 is 14.3 Å². The van der Waals surface area contributed by atoms with Gasteiger partial charge in [-0.3, -0.25) is 14.5 Å². The van der Waals surface area contributed by atoms with Gasteiger partial charge in [0.05, 0.1) is 13.2 Å². The second kappa shape index (κ2) is 13.6. The summed E-state index contributed by atoms with van der Waals surface area (Å²) in [5.74, 6) is 1.59. The molecule has 3 aromatic rings. The lowest BCUT2D eigenvalue weighted by molar-refractivity contribution is -0.122. The first-order chi connectivity index (χ1) is 18.1. The Labute approximate surface area is 219 Å². The number of rotatable bonds is 7. The molecule has 1 aliphatic heterocycles. The van der Waals surface area contributed by atoms with Gasteiger partial charge in [-0.05, 0) is 50.3 Å². The lowest BCUT2D eigenvalue weighted by Crippen LogP contribution is -2.37. The maximum absolute atomic E-state index is 12.9. The normalized spacial score (nSPS) is 15.3. The monoisotopic (exact) mass is 503 g/mol. The molecular formula is C29H37N5O3. The van der Waals surface area contributed by atoms with E-state index in [1.165, 1.54) is 0 Å². The van der Waals surface area contributed by atoms with Crippen molar-refractivity contribution in [2.24, 2.45) is 0 Å². The Morgan fingerprint density at radius 2 is 1.97 bits per heavy atom. The summed E-state index contributed by atoms with van der Waals surface area (Å²) in [5.41, 5.74) is 2.69. The van der Waals surface area contributed by atoms with Crippen LogP contribution in [0.4, 0.5) is 0 Å². The van der Waals surface area contributed by atoms with Crippen molar-refractivity contribution in [3.8, 4) is 5.75 Å². The van der Waals surface area contributed by atoms with E-state index in [0.717, 1.165) is 49.2 Å². The Hall–Kier alpha value is -3.65. The molecule has 2 N–H and O–H groups in total. The van der Waals surface area contributed by atoms with E-state index in [9.17, 15) is 9.59 Å². The molecule has 0 saturated carbocycles. The van der Waals surface area contributed by atoms with Gasteiger partial charge in [0.25, 0.3) is 5.91 Å². The quantitative estimate of drug-likeness (QED) is 0.480. The first-order valence-corrected chi connectivity index (χ1v) is 13.1. The number of ether oxygens (including phenoxy) is 1. The van der Waals surface area contributed by atoms with Gasteiger partial charge >= 0.3 is 0 Å².